The van der Waals surface area contributed by atoms with E-state index in [1.807, 2.05) is 0 Å². The summed E-state index contributed by atoms with van der Waals surface area (Å²) in [6.07, 6.45) is 7.49. The number of anilines is 1. The van der Waals surface area contributed by atoms with Gasteiger partial charge in [0.25, 0.3) is 0 Å². The van der Waals surface area contributed by atoms with Gasteiger partial charge in [-0.3, -0.25) is 9.69 Å². The number of carbonyl (C=O) groups is 1. The zero-order valence-corrected chi connectivity index (χ0v) is 23.6. The molecule has 204 valence electrons. The number of nitrogens with one attached hydrogen (secondary N) is 2. The first kappa shape index (κ1) is 29.8. The monoisotopic (exact) mass is 546 g/mol. The number of fused-ring (bicyclic) bond motifs is 3. The lowest BCUT2D eigenvalue weighted by Gasteiger charge is -2.46. The fourth-order valence-corrected chi connectivity index (χ4v) is 6.49. The number of para-hydroxylation sites is 1. The van der Waals surface area contributed by atoms with Crippen LogP contribution in [0.2, 0.25) is 0 Å². The lowest BCUT2D eigenvalue weighted by atomic mass is 9.79. The highest BCUT2D eigenvalue weighted by atomic mass is 35.5. The number of likely N-dealkylation sites (tertiary alicyclic amines) is 1. The summed E-state index contributed by atoms with van der Waals surface area (Å²) < 4.78 is 0. The summed E-state index contributed by atoms with van der Waals surface area (Å²) in [7, 11) is 0. The Bertz CT molecular complexity index is 960. The van der Waals surface area contributed by atoms with Crippen molar-refractivity contribution in [1.29, 1.82) is 0 Å². The van der Waals surface area contributed by atoms with E-state index >= 15 is 0 Å². The molecule has 1 amide bonds. The van der Waals surface area contributed by atoms with E-state index in [1.165, 1.54) is 49.2 Å². The Labute approximate surface area is 235 Å². The number of benzene rings is 2. The van der Waals surface area contributed by atoms with E-state index in [2.05, 4.69) is 75.0 Å². The highest BCUT2D eigenvalue weighted by molar-refractivity contribution is 5.85. The lowest BCUT2D eigenvalue weighted by molar-refractivity contribution is -0.121. The standard InChI is InChI=1S/C30H42N4O.2ClH/c35-30(31-16-8-18-34-17-7-12-26-11-4-5-14-29(26)34)15-6-13-28-27-19-25(20-32-28)22-33(23-27)21-24-9-2-1-3-10-24;;/h1-5,9-11,14,25,27-28,32H,6-8,12-13,15-23H2,(H,31,35);2*1H/t25-,27-,28+;;/m0../s1. The van der Waals surface area contributed by atoms with E-state index in [0.717, 1.165) is 57.9 Å². The Hall–Kier alpha value is -1.79. The minimum atomic E-state index is 0. The van der Waals surface area contributed by atoms with Gasteiger partial charge < -0.3 is 15.5 Å². The Balaban J connectivity index is 0.00000190. The van der Waals surface area contributed by atoms with Crippen molar-refractivity contribution in [2.24, 2.45) is 11.8 Å². The largest absolute Gasteiger partial charge is 0.371 e. The maximum absolute atomic E-state index is 12.5. The summed E-state index contributed by atoms with van der Waals surface area (Å²) in [5, 5.41) is 6.98. The predicted octanol–water partition coefficient (Wildman–Crippen LogP) is 5.07. The maximum Gasteiger partial charge on any atom is 0.219 e. The van der Waals surface area contributed by atoms with Crippen LogP contribution in [0.1, 0.15) is 49.7 Å². The van der Waals surface area contributed by atoms with Crippen LogP contribution in [0, 0.1) is 11.8 Å². The van der Waals surface area contributed by atoms with Crippen molar-refractivity contribution in [1.82, 2.24) is 15.5 Å². The summed E-state index contributed by atoms with van der Waals surface area (Å²) in [6.45, 7) is 7.49. The van der Waals surface area contributed by atoms with Crippen molar-refractivity contribution in [2.75, 3.05) is 44.2 Å². The number of rotatable bonds is 10. The van der Waals surface area contributed by atoms with E-state index in [1.54, 1.807) is 0 Å². The molecule has 3 aliphatic heterocycles. The van der Waals surface area contributed by atoms with Crippen molar-refractivity contribution in [3.05, 3.63) is 65.7 Å². The zero-order chi connectivity index (χ0) is 23.9. The summed E-state index contributed by atoms with van der Waals surface area (Å²) in [5.41, 5.74) is 4.27. The van der Waals surface area contributed by atoms with Gasteiger partial charge in [0.15, 0.2) is 0 Å². The van der Waals surface area contributed by atoms with Gasteiger partial charge >= 0.3 is 0 Å². The van der Waals surface area contributed by atoms with Crippen LogP contribution in [-0.2, 0) is 17.8 Å². The van der Waals surface area contributed by atoms with Crippen LogP contribution in [0.15, 0.2) is 54.6 Å². The van der Waals surface area contributed by atoms with Crippen molar-refractivity contribution in [3.8, 4) is 0 Å². The summed E-state index contributed by atoms with van der Waals surface area (Å²) in [4.78, 5) is 17.6. The van der Waals surface area contributed by atoms with Gasteiger partial charge in [0.2, 0.25) is 5.91 Å². The highest BCUT2D eigenvalue weighted by Gasteiger charge is 2.36. The molecule has 2 fully saturated rings. The Morgan fingerprint density at radius 3 is 2.68 bits per heavy atom. The third-order valence-electron chi connectivity index (χ3n) is 8.18. The molecule has 0 saturated carbocycles. The molecule has 5 nitrogen and oxygen atoms in total. The molecule has 2 saturated heterocycles. The summed E-state index contributed by atoms with van der Waals surface area (Å²) in [6, 6.07) is 20.2. The average molecular weight is 548 g/mol. The summed E-state index contributed by atoms with van der Waals surface area (Å²) >= 11 is 0. The van der Waals surface area contributed by atoms with Crippen LogP contribution in [0.5, 0.6) is 0 Å². The maximum atomic E-state index is 12.5. The molecule has 0 spiro atoms. The smallest absolute Gasteiger partial charge is 0.219 e. The number of hydrogen-bond acceptors (Lipinski definition) is 4. The number of halogens is 2. The first-order valence-electron chi connectivity index (χ1n) is 13.8. The van der Waals surface area contributed by atoms with Gasteiger partial charge in [-0.25, -0.2) is 0 Å². The molecule has 37 heavy (non-hydrogen) atoms. The van der Waals surface area contributed by atoms with E-state index < -0.39 is 0 Å². The summed E-state index contributed by atoms with van der Waals surface area (Å²) in [5.74, 6) is 1.69. The van der Waals surface area contributed by atoms with Crippen LogP contribution < -0.4 is 15.5 Å². The van der Waals surface area contributed by atoms with Gasteiger partial charge in [-0.2, -0.15) is 0 Å². The molecular formula is C30H44Cl2N4O. The van der Waals surface area contributed by atoms with Crippen molar-refractivity contribution in [2.45, 2.75) is 57.5 Å². The molecule has 5 rings (SSSR count). The first-order valence-corrected chi connectivity index (χ1v) is 13.8. The minimum Gasteiger partial charge on any atom is -0.371 e. The number of piperidine rings is 2. The SMILES string of the molecule is Cl.Cl.O=C(CCC[C@H]1NC[C@@H]2C[C@H]1CN(Cc1ccccc1)C2)NCCCN1CCCc2ccccc21. The zero-order valence-electron chi connectivity index (χ0n) is 21.9. The normalized spacial score (nSPS) is 22.8. The molecule has 3 heterocycles. The van der Waals surface area contributed by atoms with Gasteiger partial charge in [0.1, 0.15) is 0 Å². The minimum absolute atomic E-state index is 0. The molecular weight excluding hydrogens is 503 g/mol. The lowest BCUT2D eigenvalue weighted by Crippen LogP contribution is -2.55. The van der Waals surface area contributed by atoms with Crippen molar-refractivity contribution in [3.63, 3.8) is 0 Å². The van der Waals surface area contributed by atoms with Crippen LogP contribution >= 0.6 is 24.8 Å². The van der Waals surface area contributed by atoms with Crippen molar-refractivity contribution >= 4 is 36.4 Å². The molecule has 0 unspecified atom stereocenters. The highest BCUT2D eigenvalue weighted by Crippen LogP contribution is 2.31. The molecule has 2 bridgehead atoms. The van der Waals surface area contributed by atoms with E-state index in [0.29, 0.717) is 18.4 Å². The number of nitrogens with zero attached hydrogens (tertiary/aromatic N) is 2. The average Bonchev–Trinajstić information content (AvgIpc) is 2.88. The topological polar surface area (TPSA) is 47.6 Å². The fraction of sp³-hybridized carbons (Fsp3) is 0.567. The number of hydrogen-bond donors (Lipinski definition) is 2. The Kier molecular flexibility index (Phi) is 12.0. The molecule has 0 aromatic heterocycles. The van der Waals surface area contributed by atoms with Crippen LogP contribution in [-0.4, -0.2) is 56.1 Å². The third kappa shape index (κ3) is 8.35. The van der Waals surface area contributed by atoms with E-state index in [4.69, 9.17) is 0 Å². The fourth-order valence-electron chi connectivity index (χ4n) is 6.49. The molecule has 2 aromatic rings. The number of carbonyl (C=O) groups excluding carboxylic acids is 1. The van der Waals surface area contributed by atoms with Gasteiger partial charge in [-0.05, 0) is 74.1 Å². The van der Waals surface area contributed by atoms with Gasteiger partial charge in [0.05, 0.1) is 0 Å². The van der Waals surface area contributed by atoms with Crippen LogP contribution in [0.4, 0.5) is 5.69 Å². The predicted molar refractivity (Wildman–Crippen MR) is 158 cm³/mol. The second kappa shape index (κ2) is 15.0. The molecule has 3 aliphatic rings. The van der Waals surface area contributed by atoms with Gasteiger partial charge in [-0.1, -0.05) is 48.5 Å². The van der Waals surface area contributed by atoms with E-state index in [9.17, 15) is 4.79 Å². The van der Waals surface area contributed by atoms with E-state index in [-0.39, 0.29) is 30.7 Å². The quantitative estimate of drug-likeness (QED) is 0.408. The van der Waals surface area contributed by atoms with Gasteiger partial charge in [0, 0.05) is 57.4 Å². The Morgan fingerprint density at radius 2 is 1.81 bits per heavy atom. The molecule has 7 heteroatoms. The molecule has 2 aromatic carbocycles. The molecule has 0 aliphatic carbocycles. The second-order valence-electron chi connectivity index (χ2n) is 10.9. The third-order valence-corrected chi connectivity index (χ3v) is 8.18. The number of amides is 1. The Morgan fingerprint density at radius 1 is 1.00 bits per heavy atom. The molecule has 2 N–H and O–H groups in total. The first-order chi connectivity index (χ1) is 17.2. The van der Waals surface area contributed by atoms with Gasteiger partial charge in [-0.15, -0.1) is 24.8 Å². The molecule has 3 atom stereocenters. The van der Waals surface area contributed by atoms with Crippen LogP contribution in [0.25, 0.3) is 0 Å². The number of aryl methyl sites for hydroxylation is 1. The van der Waals surface area contributed by atoms with Crippen LogP contribution in [0.3, 0.4) is 0 Å². The molecule has 0 radical (unpaired) electrons. The second-order valence-corrected chi connectivity index (χ2v) is 10.9. The van der Waals surface area contributed by atoms with Crippen molar-refractivity contribution < 1.29 is 4.79 Å².